The molecule has 0 saturated carbocycles. The number of fused-ring (bicyclic) bond motifs is 1. The summed E-state index contributed by atoms with van der Waals surface area (Å²) in [5.41, 5.74) is 2.63. The topological polar surface area (TPSA) is 19.0 Å². The van der Waals surface area contributed by atoms with Gasteiger partial charge in [0.1, 0.15) is 0 Å². The first-order valence-corrected chi connectivity index (χ1v) is 6.62. The van der Waals surface area contributed by atoms with Crippen LogP contribution >= 0.6 is 12.4 Å². The third-order valence-electron chi connectivity index (χ3n) is 3.44. The van der Waals surface area contributed by atoms with E-state index >= 15 is 0 Å². The SMILES string of the molecule is C=CCN(CCc1c[nH]c2ccccc12)C(C)C.Cl. The molecule has 0 aliphatic rings. The number of nitrogens with one attached hydrogen (secondary N) is 1. The summed E-state index contributed by atoms with van der Waals surface area (Å²) in [5, 5.41) is 1.35. The summed E-state index contributed by atoms with van der Waals surface area (Å²) in [7, 11) is 0. The Bertz CT molecular complexity index is 516. The van der Waals surface area contributed by atoms with E-state index in [0.29, 0.717) is 6.04 Å². The van der Waals surface area contributed by atoms with Crippen LogP contribution in [0.25, 0.3) is 10.9 Å². The van der Waals surface area contributed by atoms with Gasteiger partial charge in [0.2, 0.25) is 0 Å². The monoisotopic (exact) mass is 278 g/mol. The number of rotatable bonds is 6. The molecule has 3 heteroatoms. The van der Waals surface area contributed by atoms with E-state index in [1.807, 2.05) is 6.08 Å². The highest BCUT2D eigenvalue weighted by Gasteiger charge is 2.09. The molecule has 1 aromatic heterocycles. The molecular weight excluding hydrogens is 256 g/mol. The largest absolute Gasteiger partial charge is 0.361 e. The van der Waals surface area contributed by atoms with Crippen molar-refractivity contribution in [2.45, 2.75) is 26.3 Å². The number of hydrogen-bond acceptors (Lipinski definition) is 1. The van der Waals surface area contributed by atoms with Crippen molar-refractivity contribution in [3.63, 3.8) is 0 Å². The van der Waals surface area contributed by atoms with Gasteiger partial charge in [-0.25, -0.2) is 0 Å². The van der Waals surface area contributed by atoms with Crippen LogP contribution in [0, 0.1) is 0 Å². The summed E-state index contributed by atoms with van der Waals surface area (Å²) < 4.78 is 0. The molecule has 0 radical (unpaired) electrons. The minimum absolute atomic E-state index is 0. The van der Waals surface area contributed by atoms with E-state index in [-0.39, 0.29) is 12.4 Å². The Kier molecular flexibility index (Phi) is 6.13. The first-order valence-electron chi connectivity index (χ1n) is 6.62. The molecule has 0 unspecified atom stereocenters. The number of nitrogens with zero attached hydrogens (tertiary/aromatic N) is 1. The van der Waals surface area contributed by atoms with Gasteiger partial charge in [-0.1, -0.05) is 24.3 Å². The van der Waals surface area contributed by atoms with Gasteiger partial charge >= 0.3 is 0 Å². The van der Waals surface area contributed by atoms with Crippen molar-refractivity contribution < 1.29 is 0 Å². The van der Waals surface area contributed by atoms with Crippen LogP contribution in [-0.2, 0) is 6.42 Å². The van der Waals surface area contributed by atoms with Gasteiger partial charge < -0.3 is 4.98 Å². The molecule has 0 bridgehead atoms. The maximum atomic E-state index is 3.83. The van der Waals surface area contributed by atoms with E-state index in [1.165, 1.54) is 16.5 Å². The molecular formula is C16H23ClN2. The Balaban J connectivity index is 0.00000180. The van der Waals surface area contributed by atoms with E-state index in [2.05, 4.69) is 60.8 Å². The molecule has 2 aromatic rings. The summed E-state index contributed by atoms with van der Waals surface area (Å²) in [6, 6.07) is 9.05. The molecule has 0 amide bonds. The van der Waals surface area contributed by atoms with Crippen molar-refractivity contribution in [2.24, 2.45) is 0 Å². The summed E-state index contributed by atoms with van der Waals surface area (Å²) in [5.74, 6) is 0. The van der Waals surface area contributed by atoms with Gasteiger partial charge in [-0.05, 0) is 31.9 Å². The molecule has 1 heterocycles. The molecule has 0 saturated heterocycles. The van der Waals surface area contributed by atoms with E-state index in [9.17, 15) is 0 Å². The average molecular weight is 279 g/mol. The van der Waals surface area contributed by atoms with Crippen molar-refractivity contribution in [1.29, 1.82) is 0 Å². The maximum Gasteiger partial charge on any atom is 0.0456 e. The summed E-state index contributed by atoms with van der Waals surface area (Å²) in [6.07, 6.45) is 5.20. The normalized spacial score (nSPS) is 10.9. The van der Waals surface area contributed by atoms with Gasteiger partial charge in [0, 0.05) is 36.2 Å². The first kappa shape index (κ1) is 15.8. The highest BCUT2D eigenvalue weighted by atomic mass is 35.5. The fourth-order valence-electron chi connectivity index (χ4n) is 2.33. The second kappa shape index (κ2) is 7.37. The molecule has 1 N–H and O–H groups in total. The number of aromatic amines is 1. The molecule has 19 heavy (non-hydrogen) atoms. The summed E-state index contributed by atoms with van der Waals surface area (Å²) in [6.45, 7) is 10.3. The van der Waals surface area contributed by atoms with E-state index < -0.39 is 0 Å². The van der Waals surface area contributed by atoms with Crippen molar-refractivity contribution >= 4 is 23.3 Å². The summed E-state index contributed by atoms with van der Waals surface area (Å²) in [4.78, 5) is 5.77. The van der Waals surface area contributed by atoms with Gasteiger partial charge in [-0.15, -0.1) is 19.0 Å². The molecule has 1 aromatic carbocycles. The predicted octanol–water partition coefficient (Wildman–Crippen LogP) is 4.03. The van der Waals surface area contributed by atoms with Crippen LogP contribution in [0.4, 0.5) is 0 Å². The number of hydrogen-bond donors (Lipinski definition) is 1. The van der Waals surface area contributed by atoms with Crippen molar-refractivity contribution in [3.8, 4) is 0 Å². The zero-order valence-electron chi connectivity index (χ0n) is 11.7. The smallest absolute Gasteiger partial charge is 0.0456 e. The minimum Gasteiger partial charge on any atom is -0.361 e. The molecule has 2 nitrogen and oxygen atoms in total. The number of H-pyrrole nitrogens is 1. The summed E-state index contributed by atoms with van der Waals surface area (Å²) >= 11 is 0. The lowest BCUT2D eigenvalue weighted by atomic mass is 10.1. The second-order valence-corrected chi connectivity index (χ2v) is 4.99. The number of aromatic nitrogens is 1. The molecule has 104 valence electrons. The van der Waals surface area contributed by atoms with Crippen molar-refractivity contribution in [1.82, 2.24) is 9.88 Å². The van der Waals surface area contributed by atoms with Gasteiger partial charge in [0.25, 0.3) is 0 Å². The lowest BCUT2D eigenvalue weighted by molar-refractivity contribution is 0.249. The highest BCUT2D eigenvalue weighted by Crippen LogP contribution is 2.18. The Labute approximate surface area is 121 Å². The third-order valence-corrected chi connectivity index (χ3v) is 3.44. The van der Waals surface area contributed by atoms with E-state index in [0.717, 1.165) is 19.5 Å². The van der Waals surface area contributed by atoms with Crippen molar-refractivity contribution in [2.75, 3.05) is 13.1 Å². The lowest BCUT2D eigenvalue weighted by Crippen LogP contribution is -2.32. The number of benzene rings is 1. The lowest BCUT2D eigenvalue weighted by Gasteiger charge is -2.24. The molecule has 0 atom stereocenters. The van der Waals surface area contributed by atoms with Crippen molar-refractivity contribution in [3.05, 3.63) is 48.7 Å². The Morgan fingerprint density at radius 1 is 1.32 bits per heavy atom. The van der Waals surface area contributed by atoms with E-state index in [4.69, 9.17) is 0 Å². The van der Waals surface area contributed by atoms with Crippen LogP contribution in [0.1, 0.15) is 19.4 Å². The number of halogens is 1. The van der Waals surface area contributed by atoms with Crippen LogP contribution in [0.5, 0.6) is 0 Å². The average Bonchev–Trinajstić information content (AvgIpc) is 2.77. The second-order valence-electron chi connectivity index (χ2n) is 4.99. The Morgan fingerprint density at radius 2 is 2.05 bits per heavy atom. The molecule has 0 aliphatic carbocycles. The van der Waals surface area contributed by atoms with Gasteiger partial charge in [-0.2, -0.15) is 0 Å². The highest BCUT2D eigenvalue weighted by molar-refractivity contribution is 5.85. The van der Waals surface area contributed by atoms with Crippen LogP contribution in [0.3, 0.4) is 0 Å². The van der Waals surface area contributed by atoms with Crippen LogP contribution in [0.15, 0.2) is 43.1 Å². The third kappa shape index (κ3) is 3.85. The van der Waals surface area contributed by atoms with Gasteiger partial charge in [0.15, 0.2) is 0 Å². The van der Waals surface area contributed by atoms with Gasteiger partial charge in [-0.3, -0.25) is 4.90 Å². The molecule has 2 rings (SSSR count). The standard InChI is InChI=1S/C16H22N2.ClH/c1-4-10-18(13(2)3)11-9-14-12-17-16-8-6-5-7-15(14)16;/h4-8,12-13,17H,1,9-11H2,2-3H3;1H. The number of para-hydroxylation sites is 1. The fraction of sp³-hybridized carbons (Fsp3) is 0.375. The predicted molar refractivity (Wildman–Crippen MR) is 86.2 cm³/mol. The van der Waals surface area contributed by atoms with Crippen LogP contribution in [0.2, 0.25) is 0 Å². The minimum atomic E-state index is 0. The van der Waals surface area contributed by atoms with Crippen LogP contribution < -0.4 is 0 Å². The molecule has 0 spiro atoms. The zero-order chi connectivity index (χ0) is 13.0. The Hall–Kier alpha value is -1.25. The van der Waals surface area contributed by atoms with Gasteiger partial charge in [0.05, 0.1) is 0 Å². The maximum absolute atomic E-state index is 3.83. The van der Waals surface area contributed by atoms with Crippen LogP contribution in [-0.4, -0.2) is 29.0 Å². The quantitative estimate of drug-likeness (QED) is 0.791. The zero-order valence-corrected chi connectivity index (χ0v) is 12.5. The van der Waals surface area contributed by atoms with E-state index in [1.54, 1.807) is 0 Å². The fourth-order valence-corrected chi connectivity index (χ4v) is 2.33. The Morgan fingerprint density at radius 3 is 2.74 bits per heavy atom. The molecule has 0 aliphatic heterocycles. The first-order chi connectivity index (χ1) is 8.72. The molecule has 0 fully saturated rings.